The van der Waals surface area contributed by atoms with E-state index in [0.29, 0.717) is 61.1 Å². The molecular formula is C25H29ClN8O4. The third-order valence-corrected chi connectivity index (χ3v) is 6.54. The van der Waals surface area contributed by atoms with Crippen molar-refractivity contribution in [3.05, 3.63) is 53.7 Å². The van der Waals surface area contributed by atoms with Gasteiger partial charge in [0.2, 0.25) is 18.6 Å². The van der Waals surface area contributed by atoms with E-state index in [2.05, 4.69) is 25.6 Å². The van der Waals surface area contributed by atoms with Crippen LogP contribution in [0.4, 0.5) is 10.6 Å². The van der Waals surface area contributed by atoms with Crippen LogP contribution in [0.3, 0.4) is 0 Å². The normalized spacial score (nSPS) is 16.4. The number of ether oxygens (including phenoxy) is 2. The van der Waals surface area contributed by atoms with Crippen molar-refractivity contribution < 1.29 is 19.1 Å². The fourth-order valence-electron chi connectivity index (χ4n) is 4.43. The van der Waals surface area contributed by atoms with E-state index in [1.165, 1.54) is 0 Å². The van der Waals surface area contributed by atoms with E-state index in [1.807, 2.05) is 30.0 Å². The molecule has 0 aliphatic carbocycles. The summed E-state index contributed by atoms with van der Waals surface area (Å²) in [5, 5.41) is 6.19. The first-order valence-electron chi connectivity index (χ1n) is 12.5. The van der Waals surface area contributed by atoms with Crippen LogP contribution in [-0.4, -0.2) is 75.4 Å². The number of nitrogens with zero attached hydrogens (tertiary/aromatic N) is 6. The van der Waals surface area contributed by atoms with Crippen LogP contribution in [0.5, 0.6) is 11.5 Å². The molecule has 1 aromatic carbocycles. The number of anilines is 1. The Balaban J connectivity index is 1.29. The lowest BCUT2D eigenvalue weighted by molar-refractivity contribution is -0.122. The predicted octanol–water partition coefficient (Wildman–Crippen LogP) is 2.36. The van der Waals surface area contributed by atoms with Crippen LogP contribution in [0.1, 0.15) is 25.3 Å². The van der Waals surface area contributed by atoms with E-state index in [4.69, 9.17) is 21.1 Å². The molecule has 2 aliphatic heterocycles. The summed E-state index contributed by atoms with van der Waals surface area (Å²) in [7, 11) is 0. The van der Waals surface area contributed by atoms with E-state index < -0.39 is 0 Å². The lowest BCUT2D eigenvalue weighted by atomic mass is 10.1. The van der Waals surface area contributed by atoms with E-state index in [1.54, 1.807) is 34.3 Å². The van der Waals surface area contributed by atoms with Gasteiger partial charge in [-0.25, -0.2) is 14.8 Å². The topological polar surface area (TPSA) is 127 Å². The van der Waals surface area contributed by atoms with Gasteiger partial charge in [-0.15, -0.1) is 0 Å². The number of carbonyl (C=O) groups is 2. The molecule has 12 nitrogen and oxygen atoms in total. The lowest BCUT2D eigenvalue weighted by Crippen LogP contribution is -2.59. The second-order valence-electron chi connectivity index (χ2n) is 9.01. The van der Waals surface area contributed by atoms with Crippen LogP contribution in [0.15, 0.2) is 43.0 Å². The molecule has 3 aromatic rings. The first-order valence-corrected chi connectivity index (χ1v) is 12.9. The number of hydrogen-bond acceptors (Lipinski definition) is 8. The Hall–Kier alpha value is -4.06. The average Bonchev–Trinajstić information content (AvgIpc) is 3.62. The summed E-state index contributed by atoms with van der Waals surface area (Å²) in [6.07, 6.45) is 5.92. The third kappa shape index (κ3) is 5.91. The predicted molar refractivity (Wildman–Crippen MR) is 140 cm³/mol. The standard InChI is InChI=1S/C25H29ClN8O4/c1-2-5-28-25(36)34-9-8-32(22-12-21(26)30-24(31-22)33-7-6-27-15-33)14-18(34)11-23(35)29-13-17-3-4-19-20(10-17)38-16-37-19/h3-4,6-7,10,12,15,18H,2,5,8-9,11,13-14,16H2,1H3,(H,28,36)(H,29,35). The molecule has 1 saturated heterocycles. The van der Waals surface area contributed by atoms with Gasteiger partial charge >= 0.3 is 6.03 Å². The van der Waals surface area contributed by atoms with Gasteiger partial charge in [-0.3, -0.25) is 9.36 Å². The first-order chi connectivity index (χ1) is 18.5. The molecule has 5 rings (SSSR count). The Morgan fingerprint density at radius 2 is 2.00 bits per heavy atom. The van der Waals surface area contributed by atoms with Crippen molar-refractivity contribution in [1.82, 2.24) is 35.1 Å². The monoisotopic (exact) mass is 540 g/mol. The molecule has 1 atom stereocenters. The third-order valence-electron chi connectivity index (χ3n) is 6.35. The summed E-state index contributed by atoms with van der Waals surface area (Å²) in [5.41, 5.74) is 0.896. The highest BCUT2D eigenvalue weighted by Gasteiger charge is 2.33. The average molecular weight is 541 g/mol. The Labute approximate surface area is 224 Å². The number of piperazine rings is 1. The number of halogens is 1. The van der Waals surface area contributed by atoms with Gasteiger partial charge in [-0.05, 0) is 24.1 Å². The Morgan fingerprint density at radius 3 is 2.82 bits per heavy atom. The number of aromatic nitrogens is 4. The van der Waals surface area contributed by atoms with Crippen molar-refractivity contribution >= 4 is 29.4 Å². The number of amides is 3. The quantitative estimate of drug-likeness (QED) is 0.417. The minimum absolute atomic E-state index is 0.133. The maximum absolute atomic E-state index is 13.0. The summed E-state index contributed by atoms with van der Waals surface area (Å²) in [5.74, 6) is 2.20. The second kappa shape index (κ2) is 11.5. The summed E-state index contributed by atoms with van der Waals surface area (Å²) in [6, 6.07) is 6.70. The number of benzene rings is 1. The van der Waals surface area contributed by atoms with E-state index in [-0.39, 0.29) is 31.2 Å². The molecule has 1 fully saturated rings. The van der Waals surface area contributed by atoms with Gasteiger partial charge in [-0.2, -0.15) is 4.98 Å². The zero-order chi connectivity index (χ0) is 26.5. The van der Waals surface area contributed by atoms with Crippen LogP contribution in [0.25, 0.3) is 5.95 Å². The summed E-state index contributed by atoms with van der Waals surface area (Å²) >= 11 is 6.31. The number of urea groups is 1. The molecule has 0 spiro atoms. The Morgan fingerprint density at radius 1 is 1.13 bits per heavy atom. The van der Waals surface area contributed by atoms with Crippen molar-refractivity contribution in [1.29, 1.82) is 0 Å². The molecule has 200 valence electrons. The van der Waals surface area contributed by atoms with Gasteiger partial charge < -0.3 is 29.9 Å². The molecule has 1 unspecified atom stereocenters. The van der Waals surface area contributed by atoms with Crippen molar-refractivity contribution in [3.63, 3.8) is 0 Å². The van der Waals surface area contributed by atoms with Crippen molar-refractivity contribution in [2.45, 2.75) is 32.4 Å². The molecule has 2 aromatic heterocycles. The lowest BCUT2D eigenvalue weighted by Gasteiger charge is -2.41. The van der Waals surface area contributed by atoms with Gasteiger partial charge in [-0.1, -0.05) is 24.6 Å². The van der Waals surface area contributed by atoms with Crippen LogP contribution >= 0.6 is 11.6 Å². The molecule has 0 radical (unpaired) electrons. The Bertz CT molecular complexity index is 1290. The number of nitrogens with one attached hydrogen (secondary N) is 2. The van der Waals surface area contributed by atoms with Gasteiger partial charge in [0.1, 0.15) is 17.3 Å². The van der Waals surface area contributed by atoms with Crippen molar-refractivity contribution in [2.24, 2.45) is 0 Å². The molecule has 2 N–H and O–H groups in total. The van der Waals surface area contributed by atoms with Crippen LogP contribution in [0, 0.1) is 0 Å². The van der Waals surface area contributed by atoms with E-state index in [9.17, 15) is 9.59 Å². The fraction of sp³-hybridized carbons (Fsp3) is 0.400. The summed E-state index contributed by atoms with van der Waals surface area (Å²) in [4.78, 5) is 42.7. The van der Waals surface area contributed by atoms with Gasteiger partial charge in [0, 0.05) is 57.6 Å². The fourth-order valence-corrected chi connectivity index (χ4v) is 4.60. The SMILES string of the molecule is CCCNC(=O)N1CCN(c2cc(Cl)nc(-n3ccnc3)n2)CC1CC(=O)NCc1ccc2c(c1)OCO2. The molecule has 0 saturated carbocycles. The Kier molecular flexibility index (Phi) is 7.78. The number of imidazole rings is 1. The molecule has 38 heavy (non-hydrogen) atoms. The molecular weight excluding hydrogens is 512 g/mol. The number of fused-ring (bicyclic) bond motifs is 1. The second-order valence-corrected chi connectivity index (χ2v) is 9.40. The summed E-state index contributed by atoms with van der Waals surface area (Å²) in [6.45, 7) is 4.47. The molecule has 4 heterocycles. The van der Waals surface area contributed by atoms with Crippen LogP contribution in [-0.2, 0) is 11.3 Å². The number of carbonyl (C=O) groups excluding carboxylic acids is 2. The minimum Gasteiger partial charge on any atom is -0.454 e. The highest BCUT2D eigenvalue weighted by atomic mass is 35.5. The maximum atomic E-state index is 13.0. The highest BCUT2D eigenvalue weighted by molar-refractivity contribution is 6.29. The highest BCUT2D eigenvalue weighted by Crippen LogP contribution is 2.32. The first kappa shape index (κ1) is 25.6. The van der Waals surface area contributed by atoms with Gasteiger partial charge in [0.15, 0.2) is 11.5 Å². The van der Waals surface area contributed by atoms with E-state index in [0.717, 1.165) is 12.0 Å². The molecule has 13 heteroatoms. The molecule has 2 aliphatic rings. The smallest absolute Gasteiger partial charge is 0.317 e. The minimum atomic E-state index is -0.372. The largest absolute Gasteiger partial charge is 0.454 e. The van der Waals surface area contributed by atoms with Crippen molar-refractivity contribution in [2.75, 3.05) is 37.9 Å². The van der Waals surface area contributed by atoms with E-state index >= 15 is 0 Å². The molecule has 0 bridgehead atoms. The van der Waals surface area contributed by atoms with Crippen molar-refractivity contribution in [3.8, 4) is 17.4 Å². The zero-order valence-corrected chi connectivity index (χ0v) is 21.7. The number of hydrogen-bond donors (Lipinski definition) is 2. The van der Waals surface area contributed by atoms with Crippen LogP contribution in [0.2, 0.25) is 5.15 Å². The zero-order valence-electron chi connectivity index (χ0n) is 21.0. The van der Waals surface area contributed by atoms with Crippen LogP contribution < -0.4 is 25.0 Å². The maximum Gasteiger partial charge on any atom is 0.317 e. The van der Waals surface area contributed by atoms with Gasteiger partial charge in [0.05, 0.1) is 6.04 Å². The van der Waals surface area contributed by atoms with Gasteiger partial charge in [0.25, 0.3) is 0 Å². The molecule has 3 amide bonds. The summed E-state index contributed by atoms with van der Waals surface area (Å²) < 4.78 is 12.4. The number of rotatable bonds is 8.